The van der Waals surface area contributed by atoms with Crippen molar-refractivity contribution in [3.05, 3.63) is 94.0 Å². The highest BCUT2D eigenvalue weighted by Crippen LogP contribution is 2.30. The molecule has 0 saturated heterocycles. The third-order valence-electron chi connectivity index (χ3n) is 5.14. The fraction of sp³-hybridized carbons (Fsp3) is 0.208. The molecule has 0 heterocycles. The van der Waals surface area contributed by atoms with Gasteiger partial charge in [0.25, 0.3) is 21.6 Å². The van der Waals surface area contributed by atoms with Crippen LogP contribution in [-0.4, -0.2) is 51.4 Å². The molecule has 0 radical (unpaired) electrons. The average Bonchev–Trinajstić information content (AvgIpc) is 2.84. The van der Waals surface area contributed by atoms with Crippen LogP contribution in [0.5, 0.6) is 5.75 Å². The molecule has 0 unspecified atom stereocenters. The van der Waals surface area contributed by atoms with Crippen molar-refractivity contribution in [2.24, 2.45) is 0 Å². The summed E-state index contributed by atoms with van der Waals surface area (Å²) in [4.78, 5) is 24.8. The third-order valence-corrected chi connectivity index (χ3v) is 6.52. The van der Waals surface area contributed by atoms with Crippen molar-refractivity contribution in [1.82, 2.24) is 10.2 Å². The number of benzene rings is 3. The Morgan fingerprint density at radius 2 is 1.74 bits per heavy atom. The Hall–Kier alpha value is -3.96. The van der Waals surface area contributed by atoms with Gasteiger partial charge >= 0.3 is 0 Å². The van der Waals surface area contributed by atoms with E-state index in [2.05, 4.69) is 14.9 Å². The molecule has 3 rings (SSSR count). The lowest BCUT2D eigenvalue weighted by molar-refractivity contribution is -0.384. The first-order chi connectivity index (χ1) is 16.7. The number of anilines is 1. The molecule has 0 aromatic heterocycles. The van der Waals surface area contributed by atoms with Gasteiger partial charge in [-0.25, -0.2) is 8.42 Å². The molecule has 35 heavy (non-hydrogen) atoms. The van der Waals surface area contributed by atoms with E-state index in [1.807, 2.05) is 37.4 Å². The number of non-ortho nitro benzene ring substituents is 1. The van der Waals surface area contributed by atoms with Crippen molar-refractivity contribution >= 4 is 27.3 Å². The second-order valence-electron chi connectivity index (χ2n) is 7.75. The van der Waals surface area contributed by atoms with E-state index in [0.717, 1.165) is 12.6 Å². The van der Waals surface area contributed by atoms with E-state index in [9.17, 15) is 23.3 Å². The second kappa shape index (κ2) is 11.4. The van der Waals surface area contributed by atoms with E-state index >= 15 is 0 Å². The zero-order chi connectivity index (χ0) is 25.4. The molecule has 0 atom stereocenters. The van der Waals surface area contributed by atoms with E-state index in [0.29, 0.717) is 18.7 Å². The number of likely N-dealkylation sites (N-methyl/N-ethyl adjacent to an activating group) is 1. The smallest absolute Gasteiger partial charge is 0.271 e. The molecular weight excluding hydrogens is 472 g/mol. The summed E-state index contributed by atoms with van der Waals surface area (Å²) < 4.78 is 33.0. The lowest BCUT2D eigenvalue weighted by atomic mass is 10.2. The minimum Gasteiger partial charge on any atom is -0.495 e. The highest BCUT2D eigenvalue weighted by Gasteiger charge is 2.20. The number of nitro groups is 1. The summed E-state index contributed by atoms with van der Waals surface area (Å²) in [7, 11) is -0.794. The number of nitrogens with zero attached hydrogens (tertiary/aromatic N) is 2. The van der Waals surface area contributed by atoms with Gasteiger partial charge in [-0.15, -0.1) is 0 Å². The quantitative estimate of drug-likeness (QED) is 0.306. The van der Waals surface area contributed by atoms with Crippen molar-refractivity contribution in [2.75, 3.05) is 32.0 Å². The SMILES string of the molecule is COc1ccc([N+](=O)[O-])cc1NS(=O)(=O)c1ccc(C(=O)NCCN(C)Cc2ccccc2)cc1. The largest absolute Gasteiger partial charge is 0.495 e. The standard InChI is InChI=1S/C24H26N4O6S/c1-27(17-18-6-4-3-5-7-18)15-14-25-24(29)19-8-11-21(12-9-19)35(32,33)26-22-16-20(28(30)31)10-13-23(22)34-2/h3-13,16,26H,14-15,17H2,1-2H3,(H,25,29). The lowest BCUT2D eigenvalue weighted by Gasteiger charge is -2.17. The predicted octanol–water partition coefficient (Wildman–Crippen LogP) is 3.27. The monoisotopic (exact) mass is 498 g/mol. The number of methoxy groups -OCH3 is 1. The molecule has 3 aromatic rings. The third kappa shape index (κ3) is 7.01. The van der Waals surface area contributed by atoms with Gasteiger partial charge < -0.3 is 15.0 Å². The first kappa shape index (κ1) is 25.7. The van der Waals surface area contributed by atoms with Crippen LogP contribution < -0.4 is 14.8 Å². The number of nitrogens with one attached hydrogen (secondary N) is 2. The van der Waals surface area contributed by atoms with Gasteiger partial charge in [0.2, 0.25) is 0 Å². The molecule has 0 aliphatic rings. The van der Waals surface area contributed by atoms with Gasteiger partial charge in [-0.1, -0.05) is 30.3 Å². The first-order valence-electron chi connectivity index (χ1n) is 10.7. The molecule has 3 aromatic carbocycles. The summed E-state index contributed by atoms with van der Waals surface area (Å²) in [6, 6.07) is 19.0. The van der Waals surface area contributed by atoms with Crippen LogP contribution in [-0.2, 0) is 16.6 Å². The maximum Gasteiger partial charge on any atom is 0.271 e. The minimum atomic E-state index is -4.08. The number of carbonyl (C=O) groups is 1. The zero-order valence-corrected chi connectivity index (χ0v) is 20.1. The van der Waals surface area contributed by atoms with E-state index in [1.54, 1.807) is 0 Å². The molecule has 0 saturated carbocycles. The number of hydrogen-bond acceptors (Lipinski definition) is 7. The maximum absolute atomic E-state index is 12.8. The van der Waals surface area contributed by atoms with Gasteiger partial charge in [0.1, 0.15) is 5.75 Å². The van der Waals surface area contributed by atoms with Crippen molar-refractivity contribution < 1.29 is 22.9 Å². The number of ether oxygens (including phenoxy) is 1. The average molecular weight is 499 g/mol. The van der Waals surface area contributed by atoms with Crippen molar-refractivity contribution in [3.63, 3.8) is 0 Å². The van der Waals surface area contributed by atoms with Crippen LogP contribution in [0, 0.1) is 10.1 Å². The van der Waals surface area contributed by atoms with Gasteiger partial charge in [-0.2, -0.15) is 0 Å². The predicted molar refractivity (Wildman–Crippen MR) is 132 cm³/mol. The Kier molecular flexibility index (Phi) is 8.39. The van der Waals surface area contributed by atoms with Crippen LogP contribution in [0.25, 0.3) is 0 Å². The number of amides is 1. The number of carbonyl (C=O) groups excluding carboxylic acids is 1. The van der Waals surface area contributed by atoms with Gasteiger partial charge in [-0.3, -0.25) is 19.6 Å². The van der Waals surface area contributed by atoms with Crippen LogP contribution in [0.2, 0.25) is 0 Å². The van der Waals surface area contributed by atoms with Gasteiger partial charge in [0.15, 0.2) is 0 Å². The number of hydrogen-bond donors (Lipinski definition) is 2. The molecule has 0 aliphatic heterocycles. The van der Waals surface area contributed by atoms with Crippen LogP contribution in [0.15, 0.2) is 77.7 Å². The number of sulfonamides is 1. The van der Waals surface area contributed by atoms with Gasteiger partial charge in [-0.05, 0) is 42.9 Å². The lowest BCUT2D eigenvalue weighted by Crippen LogP contribution is -2.32. The minimum absolute atomic E-state index is 0.0665. The molecule has 184 valence electrons. The zero-order valence-electron chi connectivity index (χ0n) is 19.3. The number of rotatable bonds is 11. The Labute approximate surface area is 203 Å². The summed E-state index contributed by atoms with van der Waals surface area (Å²) in [6.45, 7) is 1.82. The maximum atomic E-state index is 12.8. The summed E-state index contributed by atoms with van der Waals surface area (Å²) >= 11 is 0. The van der Waals surface area contributed by atoms with Crippen LogP contribution in [0.4, 0.5) is 11.4 Å². The Morgan fingerprint density at radius 1 is 1.06 bits per heavy atom. The number of nitro benzene ring substituents is 1. The van der Waals surface area contributed by atoms with Crippen LogP contribution in [0.3, 0.4) is 0 Å². The van der Waals surface area contributed by atoms with E-state index < -0.39 is 14.9 Å². The second-order valence-corrected chi connectivity index (χ2v) is 9.43. The topological polar surface area (TPSA) is 131 Å². The Balaban J connectivity index is 1.60. The Morgan fingerprint density at radius 3 is 2.37 bits per heavy atom. The van der Waals surface area contributed by atoms with Crippen molar-refractivity contribution in [3.8, 4) is 5.75 Å². The first-order valence-corrected chi connectivity index (χ1v) is 12.1. The molecule has 0 spiro atoms. The highest BCUT2D eigenvalue weighted by molar-refractivity contribution is 7.92. The molecule has 2 N–H and O–H groups in total. The summed E-state index contributed by atoms with van der Waals surface area (Å²) in [5.41, 5.74) is 1.13. The normalized spacial score (nSPS) is 11.2. The van der Waals surface area contributed by atoms with E-state index in [1.165, 1.54) is 49.1 Å². The highest BCUT2D eigenvalue weighted by atomic mass is 32.2. The van der Waals surface area contributed by atoms with E-state index in [-0.39, 0.29) is 27.9 Å². The van der Waals surface area contributed by atoms with Crippen LogP contribution in [0.1, 0.15) is 15.9 Å². The molecule has 11 heteroatoms. The molecular formula is C24H26N4O6S. The Bertz CT molecular complexity index is 1280. The molecule has 0 aliphatic carbocycles. The fourth-order valence-electron chi connectivity index (χ4n) is 3.31. The summed E-state index contributed by atoms with van der Waals surface area (Å²) in [5.74, 6) is -0.192. The molecule has 0 bridgehead atoms. The van der Waals surface area contributed by atoms with Crippen molar-refractivity contribution in [1.29, 1.82) is 0 Å². The molecule has 1 amide bonds. The van der Waals surface area contributed by atoms with E-state index in [4.69, 9.17) is 4.74 Å². The van der Waals surface area contributed by atoms with Gasteiger partial charge in [0.05, 0.1) is 22.6 Å². The van der Waals surface area contributed by atoms with Crippen molar-refractivity contribution in [2.45, 2.75) is 11.4 Å². The summed E-state index contributed by atoms with van der Waals surface area (Å²) in [6.07, 6.45) is 0. The van der Waals surface area contributed by atoms with Crippen LogP contribution >= 0.6 is 0 Å². The van der Waals surface area contributed by atoms with Gasteiger partial charge in [0, 0.05) is 37.3 Å². The molecule has 0 fully saturated rings. The molecule has 10 nitrogen and oxygen atoms in total. The summed E-state index contributed by atoms with van der Waals surface area (Å²) in [5, 5.41) is 13.9. The fourth-order valence-corrected chi connectivity index (χ4v) is 4.38.